The van der Waals surface area contributed by atoms with E-state index in [4.69, 9.17) is 4.74 Å². The number of ether oxygens (including phenoxy) is 1. The lowest BCUT2D eigenvalue weighted by atomic mass is 10.0. The third kappa shape index (κ3) is 5.36. The van der Waals surface area contributed by atoms with Crippen molar-refractivity contribution in [3.63, 3.8) is 0 Å². The second-order valence-corrected chi connectivity index (χ2v) is 6.16. The van der Waals surface area contributed by atoms with Crippen LogP contribution in [-0.4, -0.2) is 49.8 Å². The molecule has 0 aromatic carbocycles. The molecule has 1 saturated heterocycles. The monoisotopic (exact) mass is 242 g/mol. The van der Waals surface area contributed by atoms with Gasteiger partial charge < -0.3 is 15.0 Å². The molecular formula is C14H30N2O. The summed E-state index contributed by atoms with van der Waals surface area (Å²) in [6.45, 7) is 13.6. The Morgan fingerprint density at radius 2 is 2.12 bits per heavy atom. The third-order valence-electron chi connectivity index (χ3n) is 3.94. The minimum absolute atomic E-state index is 0.00659. The molecule has 1 aliphatic rings. The van der Waals surface area contributed by atoms with Crippen molar-refractivity contribution in [1.82, 2.24) is 10.2 Å². The Balaban J connectivity index is 2.08. The highest BCUT2D eigenvalue weighted by atomic mass is 16.5. The van der Waals surface area contributed by atoms with Gasteiger partial charge in [0.25, 0.3) is 0 Å². The SMILES string of the molecule is COC(C)(C)CCNCC1CCN(C(C)C)C1. The maximum atomic E-state index is 5.41. The van der Waals surface area contributed by atoms with E-state index in [1.807, 2.05) is 0 Å². The number of methoxy groups -OCH3 is 1. The van der Waals surface area contributed by atoms with Gasteiger partial charge in [0.05, 0.1) is 5.60 Å². The molecule has 3 heteroatoms. The van der Waals surface area contributed by atoms with Crippen LogP contribution in [0.15, 0.2) is 0 Å². The van der Waals surface area contributed by atoms with E-state index >= 15 is 0 Å². The highest BCUT2D eigenvalue weighted by molar-refractivity contribution is 4.79. The van der Waals surface area contributed by atoms with Gasteiger partial charge in [0.1, 0.15) is 0 Å². The Hall–Kier alpha value is -0.120. The molecule has 1 N–H and O–H groups in total. The molecule has 102 valence electrons. The number of nitrogens with one attached hydrogen (secondary N) is 1. The van der Waals surface area contributed by atoms with Crippen molar-refractivity contribution >= 4 is 0 Å². The molecule has 1 fully saturated rings. The van der Waals surface area contributed by atoms with Gasteiger partial charge in [0.2, 0.25) is 0 Å². The first kappa shape index (κ1) is 14.9. The Kier molecular flexibility index (Phi) is 5.90. The minimum atomic E-state index is 0.00659. The van der Waals surface area contributed by atoms with Crippen LogP contribution in [0.25, 0.3) is 0 Å². The summed E-state index contributed by atoms with van der Waals surface area (Å²) in [5, 5.41) is 3.57. The highest BCUT2D eigenvalue weighted by Gasteiger charge is 2.23. The van der Waals surface area contributed by atoms with E-state index < -0.39 is 0 Å². The predicted octanol–water partition coefficient (Wildman–Crippen LogP) is 2.12. The molecule has 0 bridgehead atoms. The topological polar surface area (TPSA) is 24.5 Å². The summed E-state index contributed by atoms with van der Waals surface area (Å²) in [6.07, 6.45) is 2.42. The summed E-state index contributed by atoms with van der Waals surface area (Å²) < 4.78 is 5.41. The van der Waals surface area contributed by atoms with Crippen molar-refractivity contribution in [3.05, 3.63) is 0 Å². The second kappa shape index (κ2) is 6.72. The van der Waals surface area contributed by atoms with Crippen molar-refractivity contribution in [1.29, 1.82) is 0 Å². The molecule has 1 unspecified atom stereocenters. The van der Waals surface area contributed by atoms with Crippen LogP contribution < -0.4 is 5.32 Å². The van der Waals surface area contributed by atoms with Crippen molar-refractivity contribution < 1.29 is 4.74 Å². The lowest BCUT2D eigenvalue weighted by Crippen LogP contribution is -2.33. The van der Waals surface area contributed by atoms with E-state index in [9.17, 15) is 0 Å². The first-order valence-corrected chi connectivity index (χ1v) is 6.94. The maximum Gasteiger partial charge on any atom is 0.0634 e. The van der Waals surface area contributed by atoms with E-state index in [0.29, 0.717) is 6.04 Å². The normalized spacial score (nSPS) is 22.6. The zero-order chi connectivity index (χ0) is 12.9. The van der Waals surface area contributed by atoms with Crippen LogP contribution in [0.1, 0.15) is 40.5 Å². The molecule has 0 spiro atoms. The van der Waals surface area contributed by atoms with Crippen LogP contribution in [0.5, 0.6) is 0 Å². The van der Waals surface area contributed by atoms with E-state index in [-0.39, 0.29) is 5.60 Å². The van der Waals surface area contributed by atoms with Gasteiger partial charge in [0.15, 0.2) is 0 Å². The molecule has 1 heterocycles. The van der Waals surface area contributed by atoms with Crippen LogP contribution in [0, 0.1) is 5.92 Å². The zero-order valence-electron chi connectivity index (χ0n) is 12.3. The number of hydrogen-bond acceptors (Lipinski definition) is 3. The van der Waals surface area contributed by atoms with E-state index in [1.165, 1.54) is 19.5 Å². The number of nitrogens with zero attached hydrogens (tertiary/aromatic N) is 1. The van der Waals surface area contributed by atoms with Gasteiger partial charge in [-0.1, -0.05) is 0 Å². The molecule has 1 aliphatic heterocycles. The largest absolute Gasteiger partial charge is 0.379 e. The van der Waals surface area contributed by atoms with E-state index in [0.717, 1.165) is 25.4 Å². The Labute approximate surface area is 107 Å². The van der Waals surface area contributed by atoms with Crippen LogP contribution >= 0.6 is 0 Å². The molecule has 17 heavy (non-hydrogen) atoms. The quantitative estimate of drug-likeness (QED) is 0.692. The van der Waals surface area contributed by atoms with Crippen molar-refractivity contribution in [2.45, 2.75) is 52.2 Å². The molecule has 0 radical (unpaired) electrons. The fourth-order valence-electron chi connectivity index (χ4n) is 2.30. The van der Waals surface area contributed by atoms with E-state index in [1.54, 1.807) is 7.11 Å². The lowest BCUT2D eigenvalue weighted by Gasteiger charge is -2.23. The summed E-state index contributed by atoms with van der Waals surface area (Å²) >= 11 is 0. The first-order chi connectivity index (χ1) is 7.94. The lowest BCUT2D eigenvalue weighted by molar-refractivity contribution is 0.0157. The van der Waals surface area contributed by atoms with Crippen molar-refractivity contribution in [3.8, 4) is 0 Å². The van der Waals surface area contributed by atoms with Crippen molar-refractivity contribution in [2.75, 3.05) is 33.3 Å². The standard InChI is InChI=1S/C14H30N2O/c1-12(2)16-9-6-13(11-16)10-15-8-7-14(3,4)17-5/h12-13,15H,6-11H2,1-5H3. The van der Waals surface area contributed by atoms with Gasteiger partial charge in [0, 0.05) is 19.7 Å². The second-order valence-electron chi connectivity index (χ2n) is 6.16. The van der Waals surface area contributed by atoms with Crippen LogP contribution in [0.3, 0.4) is 0 Å². The van der Waals surface area contributed by atoms with Crippen LogP contribution in [-0.2, 0) is 4.74 Å². The van der Waals surface area contributed by atoms with Gasteiger partial charge in [-0.15, -0.1) is 0 Å². The molecule has 0 aromatic rings. The predicted molar refractivity (Wildman–Crippen MR) is 73.4 cm³/mol. The summed E-state index contributed by atoms with van der Waals surface area (Å²) in [6, 6.07) is 0.701. The average Bonchev–Trinajstić information content (AvgIpc) is 2.73. The van der Waals surface area contributed by atoms with Gasteiger partial charge in [-0.2, -0.15) is 0 Å². The number of rotatable bonds is 7. The average molecular weight is 242 g/mol. The fourth-order valence-corrected chi connectivity index (χ4v) is 2.30. The molecule has 0 amide bonds. The minimum Gasteiger partial charge on any atom is -0.379 e. The van der Waals surface area contributed by atoms with Crippen LogP contribution in [0.2, 0.25) is 0 Å². The Morgan fingerprint density at radius 1 is 1.41 bits per heavy atom. The van der Waals surface area contributed by atoms with Gasteiger partial charge in [-0.05, 0) is 66.1 Å². The molecule has 0 aromatic heterocycles. The molecule has 1 atom stereocenters. The van der Waals surface area contributed by atoms with Gasteiger partial charge in [-0.3, -0.25) is 0 Å². The van der Waals surface area contributed by atoms with Gasteiger partial charge in [-0.25, -0.2) is 0 Å². The molecule has 1 rings (SSSR count). The first-order valence-electron chi connectivity index (χ1n) is 6.94. The molecule has 0 aliphatic carbocycles. The molecule has 0 saturated carbocycles. The molecule has 3 nitrogen and oxygen atoms in total. The smallest absolute Gasteiger partial charge is 0.0634 e. The third-order valence-corrected chi connectivity index (χ3v) is 3.94. The zero-order valence-corrected chi connectivity index (χ0v) is 12.3. The van der Waals surface area contributed by atoms with Crippen molar-refractivity contribution in [2.24, 2.45) is 5.92 Å². The summed E-state index contributed by atoms with van der Waals surface area (Å²) in [5.41, 5.74) is 0.00659. The van der Waals surface area contributed by atoms with Gasteiger partial charge >= 0.3 is 0 Å². The number of likely N-dealkylation sites (tertiary alicyclic amines) is 1. The highest BCUT2D eigenvalue weighted by Crippen LogP contribution is 2.18. The fraction of sp³-hybridized carbons (Fsp3) is 1.00. The Bertz CT molecular complexity index is 216. The summed E-state index contributed by atoms with van der Waals surface area (Å²) in [5.74, 6) is 0.836. The summed E-state index contributed by atoms with van der Waals surface area (Å²) in [7, 11) is 1.79. The molecular weight excluding hydrogens is 212 g/mol. The summed E-state index contributed by atoms with van der Waals surface area (Å²) in [4.78, 5) is 2.57. The maximum absolute atomic E-state index is 5.41. The van der Waals surface area contributed by atoms with Crippen LogP contribution in [0.4, 0.5) is 0 Å². The Morgan fingerprint density at radius 3 is 2.65 bits per heavy atom. The van der Waals surface area contributed by atoms with E-state index in [2.05, 4.69) is 37.9 Å². The number of hydrogen-bond donors (Lipinski definition) is 1.